The largest absolute Gasteiger partial charge is 0.454 e. The summed E-state index contributed by atoms with van der Waals surface area (Å²) in [6.45, 7) is 5.26. The van der Waals surface area contributed by atoms with Gasteiger partial charge in [-0.2, -0.15) is 4.98 Å². The Morgan fingerprint density at radius 1 is 0.829 bits per heavy atom. The van der Waals surface area contributed by atoms with Gasteiger partial charge in [-0.15, -0.1) is 0 Å². The number of hydrogen-bond donors (Lipinski definition) is 1. The van der Waals surface area contributed by atoms with Gasteiger partial charge in [-0.05, 0) is 47.5 Å². The first-order chi connectivity index (χ1) is 17.2. The maximum absolute atomic E-state index is 13.3. The summed E-state index contributed by atoms with van der Waals surface area (Å²) < 4.78 is 24.2. The van der Waals surface area contributed by atoms with Crippen molar-refractivity contribution in [2.45, 2.75) is 13.1 Å². The van der Waals surface area contributed by atoms with E-state index in [0.29, 0.717) is 13.3 Å². The molecule has 35 heavy (non-hydrogen) atoms. The van der Waals surface area contributed by atoms with Crippen LogP contribution in [0.1, 0.15) is 11.1 Å². The molecule has 1 fully saturated rings. The minimum atomic E-state index is -0.235. The summed E-state index contributed by atoms with van der Waals surface area (Å²) in [6, 6.07) is 20.7. The molecule has 0 unspecified atom stereocenters. The summed E-state index contributed by atoms with van der Waals surface area (Å²) in [6.07, 6.45) is 0. The van der Waals surface area contributed by atoms with Crippen molar-refractivity contribution < 1.29 is 13.9 Å². The van der Waals surface area contributed by atoms with Crippen molar-refractivity contribution in [2.24, 2.45) is 0 Å². The average molecular weight is 472 g/mol. The Bertz CT molecular complexity index is 1340. The highest BCUT2D eigenvalue weighted by atomic mass is 19.1. The van der Waals surface area contributed by atoms with Crippen LogP contribution in [0.3, 0.4) is 0 Å². The number of hydrogen-bond acceptors (Lipinski definition) is 7. The van der Waals surface area contributed by atoms with Crippen LogP contribution >= 0.6 is 0 Å². The zero-order chi connectivity index (χ0) is 23.6. The van der Waals surface area contributed by atoms with E-state index in [2.05, 4.69) is 27.2 Å². The molecule has 178 valence electrons. The first-order valence-corrected chi connectivity index (χ1v) is 11.8. The molecule has 3 aromatic carbocycles. The number of benzene rings is 3. The maximum Gasteiger partial charge on any atom is 0.231 e. The van der Waals surface area contributed by atoms with E-state index in [1.807, 2.05) is 30.3 Å². The predicted molar refractivity (Wildman–Crippen MR) is 133 cm³/mol. The normalized spacial score (nSPS) is 15.5. The van der Waals surface area contributed by atoms with Crippen LogP contribution in [0.5, 0.6) is 11.5 Å². The number of piperazine rings is 1. The van der Waals surface area contributed by atoms with Gasteiger partial charge in [0.2, 0.25) is 12.7 Å². The SMILES string of the molecule is Fc1ccc(CNc2nc(N3CCN(Cc4ccc5c(c4)OCO5)CC3)nc3ccccc23)cc1. The second-order valence-corrected chi connectivity index (χ2v) is 8.82. The molecule has 0 spiro atoms. The number of nitrogens with zero attached hydrogens (tertiary/aromatic N) is 4. The molecule has 2 aliphatic rings. The molecule has 0 amide bonds. The molecule has 6 rings (SSSR count). The fourth-order valence-electron chi connectivity index (χ4n) is 4.53. The van der Waals surface area contributed by atoms with Gasteiger partial charge in [0.1, 0.15) is 11.6 Å². The summed E-state index contributed by atoms with van der Waals surface area (Å²) in [5.74, 6) is 2.93. The van der Waals surface area contributed by atoms with E-state index in [0.717, 1.165) is 72.5 Å². The number of fused-ring (bicyclic) bond motifs is 2. The van der Waals surface area contributed by atoms with Crippen molar-refractivity contribution in [3.05, 3.63) is 83.7 Å². The fourth-order valence-corrected chi connectivity index (χ4v) is 4.53. The monoisotopic (exact) mass is 471 g/mol. The third kappa shape index (κ3) is 4.70. The third-order valence-corrected chi connectivity index (χ3v) is 6.46. The number of rotatable bonds is 6. The summed E-state index contributed by atoms with van der Waals surface area (Å²) in [4.78, 5) is 14.4. The Balaban J connectivity index is 1.15. The van der Waals surface area contributed by atoms with Crippen molar-refractivity contribution in [1.82, 2.24) is 14.9 Å². The number of halogens is 1. The Kier molecular flexibility index (Phi) is 5.79. The first kappa shape index (κ1) is 21.6. The molecule has 2 aliphatic heterocycles. The molecule has 0 bridgehead atoms. The van der Waals surface area contributed by atoms with Gasteiger partial charge in [-0.1, -0.05) is 30.3 Å². The minimum absolute atomic E-state index is 0.235. The topological polar surface area (TPSA) is 62.8 Å². The molecular formula is C27H26FN5O2. The van der Waals surface area contributed by atoms with Gasteiger partial charge >= 0.3 is 0 Å². The molecule has 0 aliphatic carbocycles. The van der Waals surface area contributed by atoms with Gasteiger partial charge in [0, 0.05) is 44.7 Å². The van der Waals surface area contributed by atoms with Crippen molar-refractivity contribution in [3.8, 4) is 11.5 Å². The predicted octanol–water partition coefficient (Wildman–Crippen LogP) is 4.43. The number of anilines is 2. The third-order valence-electron chi connectivity index (χ3n) is 6.46. The van der Waals surface area contributed by atoms with Gasteiger partial charge in [-0.25, -0.2) is 9.37 Å². The maximum atomic E-state index is 13.3. The Hall–Kier alpha value is -3.91. The summed E-state index contributed by atoms with van der Waals surface area (Å²) in [5, 5.41) is 4.40. The lowest BCUT2D eigenvalue weighted by atomic mass is 10.1. The highest BCUT2D eigenvalue weighted by molar-refractivity contribution is 5.90. The lowest BCUT2D eigenvalue weighted by Gasteiger charge is -2.35. The second-order valence-electron chi connectivity index (χ2n) is 8.82. The molecule has 3 heterocycles. The number of ether oxygens (including phenoxy) is 2. The van der Waals surface area contributed by atoms with E-state index in [1.165, 1.54) is 17.7 Å². The van der Waals surface area contributed by atoms with Gasteiger partial charge < -0.3 is 19.7 Å². The van der Waals surface area contributed by atoms with Crippen LogP contribution in [0.25, 0.3) is 10.9 Å². The molecule has 1 saturated heterocycles. The van der Waals surface area contributed by atoms with Crippen LogP contribution in [-0.2, 0) is 13.1 Å². The summed E-state index contributed by atoms with van der Waals surface area (Å²) in [7, 11) is 0. The number of nitrogens with one attached hydrogen (secondary N) is 1. The van der Waals surface area contributed by atoms with Gasteiger partial charge in [0.25, 0.3) is 0 Å². The highest BCUT2D eigenvalue weighted by Crippen LogP contribution is 2.33. The lowest BCUT2D eigenvalue weighted by Crippen LogP contribution is -2.46. The van der Waals surface area contributed by atoms with E-state index in [-0.39, 0.29) is 5.82 Å². The highest BCUT2D eigenvalue weighted by Gasteiger charge is 2.21. The Labute approximate surface area is 203 Å². The quantitative estimate of drug-likeness (QED) is 0.446. The molecule has 0 radical (unpaired) electrons. The van der Waals surface area contributed by atoms with E-state index < -0.39 is 0 Å². The standard InChI is InChI=1S/C27H26FN5O2/c28-21-8-5-19(6-9-21)16-29-26-22-3-1-2-4-23(22)30-27(31-26)33-13-11-32(12-14-33)17-20-7-10-24-25(15-20)35-18-34-24/h1-10,15H,11-14,16-18H2,(H,29,30,31). The Morgan fingerprint density at radius 3 is 2.46 bits per heavy atom. The molecule has 0 saturated carbocycles. The van der Waals surface area contributed by atoms with Gasteiger partial charge in [-0.3, -0.25) is 4.90 Å². The summed E-state index contributed by atoms with van der Waals surface area (Å²) in [5.41, 5.74) is 3.12. The zero-order valence-corrected chi connectivity index (χ0v) is 19.3. The van der Waals surface area contributed by atoms with Crippen molar-refractivity contribution in [2.75, 3.05) is 43.2 Å². The van der Waals surface area contributed by atoms with Crippen molar-refractivity contribution in [1.29, 1.82) is 0 Å². The van der Waals surface area contributed by atoms with Crippen LogP contribution in [0.15, 0.2) is 66.7 Å². The van der Waals surface area contributed by atoms with Crippen LogP contribution in [0.2, 0.25) is 0 Å². The van der Waals surface area contributed by atoms with E-state index in [9.17, 15) is 4.39 Å². The van der Waals surface area contributed by atoms with Gasteiger partial charge in [0.15, 0.2) is 11.5 Å². The van der Waals surface area contributed by atoms with Crippen molar-refractivity contribution >= 4 is 22.7 Å². The molecule has 8 heteroatoms. The van der Waals surface area contributed by atoms with Crippen LogP contribution in [-0.4, -0.2) is 47.8 Å². The average Bonchev–Trinajstić information content (AvgIpc) is 3.36. The second kappa shape index (κ2) is 9.38. The van der Waals surface area contributed by atoms with E-state index in [4.69, 9.17) is 19.4 Å². The van der Waals surface area contributed by atoms with Crippen molar-refractivity contribution in [3.63, 3.8) is 0 Å². The molecule has 7 nitrogen and oxygen atoms in total. The zero-order valence-electron chi connectivity index (χ0n) is 19.3. The first-order valence-electron chi connectivity index (χ1n) is 11.8. The van der Waals surface area contributed by atoms with Crippen LogP contribution < -0.4 is 19.7 Å². The number of aromatic nitrogens is 2. The van der Waals surface area contributed by atoms with Crippen LogP contribution in [0.4, 0.5) is 16.2 Å². The van der Waals surface area contributed by atoms with Gasteiger partial charge in [0.05, 0.1) is 5.52 Å². The smallest absolute Gasteiger partial charge is 0.231 e. The minimum Gasteiger partial charge on any atom is -0.454 e. The number of para-hydroxylation sites is 1. The molecule has 1 N–H and O–H groups in total. The lowest BCUT2D eigenvalue weighted by molar-refractivity contribution is 0.174. The van der Waals surface area contributed by atoms with Crippen LogP contribution in [0, 0.1) is 5.82 Å². The molecule has 4 aromatic rings. The van der Waals surface area contributed by atoms with E-state index >= 15 is 0 Å². The molecule has 0 atom stereocenters. The fraction of sp³-hybridized carbons (Fsp3) is 0.259. The molecule has 1 aromatic heterocycles. The summed E-state index contributed by atoms with van der Waals surface area (Å²) >= 11 is 0. The Morgan fingerprint density at radius 2 is 1.60 bits per heavy atom. The molecular weight excluding hydrogens is 445 g/mol. The van der Waals surface area contributed by atoms with E-state index in [1.54, 1.807) is 12.1 Å².